The Morgan fingerprint density at radius 2 is 1.95 bits per heavy atom. The first-order chi connectivity index (χ1) is 10.1. The molecular formula is C17H30N2O2. The monoisotopic (exact) mass is 294 g/mol. The zero-order valence-electron chi connectivity index (χ0n) is 13.3. The zero-order chi connectivity index (χ0) is 14.9. The number of likely N-dealkylation sites (tertiary alicyclic amines) is 1. The highest BCUT2D eigenvalue weighted by Crippen LogP contribution is 2.36. The van der Waals surface area contributed by atoms with E-state index in [0.29, 0.717) is 12.1 Å². The highest BCUT2D eigenvalue weighted by atomic mass is 16.4. The first-order valence-electron chi connectivity index (χ1n) is 8.88. The number of nitrogens with zero attached hydrogens (tertiary/aromatic N) is 1. The SMILES string of the molecule is CCC1CCN(C2CCCC(NC3CC3)(C(=O)O)C2)CC1. The summed E-state index contributed by atoms with van der Waals surface area (Å²) >= 11 is 0. The minimum absolute atomic E-state index is 0.464. The molecule has 3 fully saturated rings. The van der Waals surface area contributed by atoms with Gasteiger partial charge in [0, 0.05) is 12.1 Å². The molecule has 21 heavy (non-hydrogen) atoms. The summed E-state index contributed by atoms with van der Waals surface area (Å²) < 4.78 is 0. The van der Waals surface area contributed by atoms with Crippen LogP contribution in [0.15, 0.2) is 0 Å². The molecule has 0 spiro atoms. The quantitative estimate of drug-likeness (QED) is 0.818. The van der Waals surface area contributed by atoms with Crippen molar-refractivity contribution in [2.75, 3.05) is 13.1 Å². The fourth-order valence-corrected chi connectivity index (χ4v) is 4.29. The number of hydrogen-bond acceptors (Lipinski definition) is 3. The van der Waals surface area contributed by atoms with E-state index in [0.717, 1.165) is 38.0 Å². The van der Waals surface area contributed by atoms with Crippen molar-refractivity contribution in [3.05, 3.63) is 0 Å². The molecule has 2 aliphatic carbocycles. The van der Waals surface area contributed by atoms with Gasteiger partial charge in [-0.15, -0.1) is 0 Å². The van der Waals surface area contributed by atoms with Crippen LogP contribution in [0.3, 0.4) is 0 Å². The molecule has 2 N–H and O–H groups in total. The van der Waals surface area contributed by atoms with Crippen LogP contribution in [-0.2, 0) is 4.79 Å². The van der Waals surface area contributed by atoms with Crippen LogP contribution in [0.4, 0.5) is 0 Å². The molecule has 0 aromatic heterocycles. The number of nitrogens with one attached hydrogen (secondary N) is 1. The molecule has 2 saturated carbocycles. The average Bonchev–Trinajstić information content (AvgIpc) is 3.31. The van der Waals surface area contributed by atoms with Crippen LogP contribution < -0.4 is 5.32 Å². The fraction of sp³-hybridized carbons (Fsp3) is 0.941. The lowest BCUT2D eigenvalue weighted by Crippen LogP contribution is -2.59. The molecule has 120 valence electrons. The van der Waals surface area contributed by atoms with Crippen molar-refractivity contribution in [3.8, 4) is 0 Å². The van der Waals surface area contributed by atoms with E-state index in [1.807, 2.05) is 0 Å². The van der Waals surface area contributed by atoms with Crippen LogP contribution in [0.25, 0.3) is 0 Å². The predicted octanol–water partition coefficient (Wildman–Crippen LogP) is 2.63. The zero-order valence-corrected chi connectivity index (χ0v) is 13.3. The predicted molar refractivity (Wildman–Crippen MR) is 83.4 cm³/mol. The Balaban J connectivity index is 1.62. The van der Waals surface area contributed by atoms with Gasteiger partial charge in [-0.1, -0.05) is 13.3 Å². The van der Waals surface area contributed by atoms with E-state index < -0.39 is 11.5 Å². The molecule has 0 aromatic carbocycles. The maximum Gasteiger partial charge on any atom is 0.323 e. The third-order valence-electron chi connectivity index (χ3n) is 5.94. The molecular weight excluding hydrogens is 264 g/mol. The van der Waals surface area contributed by atoms with Crippen molar-refractivity contribution in [2.24, 2.45) is 5.92 Å². The van der Waals surface area contributed by atoms with Gasteiger partial charge in [-0.25, -0.2) is 0 Å². The number of carboxylic acid groups (broad SMARTS) is 1. The second kappa shape index (κ2) is 6.25. The van der Waals surface area contributed by atoms with Gasteiger partial charge in [0.15, 0.2) is 0 Å². The van der Waals surface area contributed by atoms with Crippen LogP contribution in [0.5, 0.6) is 0 Å². The summed E-state index contributed by atoms with van der Waals surface area (Å²) in [4.78, 5) is 14.5. The Morgan fingerprint density at radius 3 is 2.52 bits per heavy atom. The first-order valence-corrected chi connectivity index (χ1v) is 8.88. The summed E-state index contributed by atoms with van der Waals surface area (Å²) in [6.07, 6.45) is 10.0. The van der Waals surface area contributed by atoms with Gasteiger partial charge in [-0.05, 0) is 70.4 Å². The van der Waals surface area contributed by atoms with Crippen molar-refractivity contribution < 1.29 is 9.90 Å². The van der Waals surface area contributed by atoms with Crippen molar-refractivity contribution in [3.63, 3.8) is 0 Å². The van der Waals surface area contributed by atoms with E-state index >= 15 is 0 Å². The van der Waals surface area contributed by atoms with Gasteiger partial charge in [0.05, 0.1) is 0 Å². The number of hydrogen-bond donors (Lipinski definition) is 2. The lowest BCUT2D eigenvalue weighted by Gasteiger charge is -2.45. The summed E-state index contributed by atoms with van der Waals surface area (Å²) in [6, 6.07) is 0.935. The largest absolute Gasteiger partial charge is 0.480 e. The van der Waals surface area contributed by atoms with Crippen LogP contribution in [0.2, 0.25) is 0 Å². The molecule has 3 aliphatic rings. The number of piperidine rings is 1. The third kappa shape index (κ3) is 3.42. The Kier molecular flexibility index (Phi) is 4.55. The number of rotatable bonds is 5. The van der Waals surface area contributed by atoms with E-state index in [2.05, 4.69) is 17.1 Å². The molecule has 3 rings (SSSR count). The second-order valence-corrected chi connectivity index (χ2v) is 7.44. The van der Waals surface area contributed by atoms with Crippen molar-refractivity contribution >= 4 is 5.97 Å². The van der Waals surface area contributed by atoms with E-state index in [9.17, 15) is 9.90 Å². The highest BCUT2D eigenvalue weighted by molar-refractivity contribution is 5.79. The topological polar surface area (TPSA) is 52.6 Å². The molecule has 1 heterocycles. The Hall–Kier alpha value is -0.610. The van der Waals surface area contributed by atoms with Crippen molar-refractivity contribution in [1.82, 2.24) is 10.2 Å². The van der Waals surface area contributed by atoms with Gasteiger partial charge >= 0.3 is 5.97 Å². The standard InChI is InChI=1S/C17H30N2O2/c1-2-13-7-10-19(11-8-13)15-4-3-9-17(12-15,16(20)21)18-14-5-6-14/h13-15,18H,2-12H2,1H3,(H,20,21). The van der Waals surface area contributed by atoms with Crippen LogP contribution in [0, 0.1) is 5.92 Å². The summed E-state index contributed by atoms with van der Waals surface area (Å²) in [7, 11) is 0. The fourth-order valence-electron chi connectivity index (χ4n) is 4.29. The summed E-state index contributed by atoms with van der Waals surface area (Å²) in [5, 5.41) is 13.2. The molecule has 2 unspecified atom stereocenters. The molecule has 4 nitrogen and oxygen atoms in total. The maximum atomic E-state index is 11.9. The molecule has 0 amide bonds. The normalized spacial score (nSPS) is 35.8. The maximum absolute atomic E-state index is 11.9. The van der Waals surface area contributed by atoms with E-state index in [1.54, 1.807) is 0 Å². The Labute approximate surface area is 128 Å². The third-order valence-corrected chi connectivity index (χ3v) is 5.94. The molecule has 2 atom stereocenters. The van der Waals surface area contributed by atoms with Gasteiger partial charge in [0.2, 0.25) is 0 Å². The Bertz CT molecular complexity index is 375. The summed E-state index contributed by atoms with van der Waals surface area (Å²) in [5.74, 6) is 0.265. The van der Waals surface area contributed by atoms with E-state index in [4.69, 9.17) is 0 Å². The lowest BCUT2D eigenvalue weighted by molar-refractivity contribution is -0.147. The van der Waals surface area contributed by atoms with Crippen LogP contribution in [-0.4, -0.2) is 46.7 Å². The molecule has 1 saturated heterocycles. The first kappa shape index (κ1) is 15.3. The molecule has 0 aromatic rings. The molecule has 0 bridgehead atoms. The van der Waals surface area contributed by atoms with Gasteiger partial charge in [0.25, 0.3) is 0 Å². The van der Waals surface area contributed by atoms with Crippen molar-refractivity contribution in [1.29, 1.82) is 0 Å². The van der Waals surface area contributed by atoms with Gasteiger partial charge in [0.1, 0.15) is 5.54 Å². The summed E-state index contributed by atoms with van der Waals surface area (Å²) in [6.45, 7) is 4.63. The van der Waals surface area contributed by atoms with Crippen molar-refractivity contribution in [2.45, 2.75) is 82.3 Å². The van der Waals surface area contributed by atoms with Gasteiger partial charge in [-0.2, -0.15) is 0 Å². The molecule has 1 aliphatic heterocycles. The number of carbonyl (C=O) groups is 1. The minimum atomic E-state index is -0.647. The average molecular weight is 294 g/mol. The van der Waals surface area contributed by atoms with E-state index in [1.165, 1.54) is 38.8 Å². The molecule has 4 heteroatoms. The number of carboxylic acids is 1. The van der Waals surface area contributed by atoms with Gasteiger partial charge in [-0.3, -0.25) is 10.1 Å². The second-order valence-electron chi connectivity index (χ2n) is 7.44. The highest BCUT2D eigenvalue weighted by Gasteiger charge is 2.47. The summed E-state index contributed by atoms with van der Waals surface area (Å²) in [5.41, 5.74) is -0.647. The van der Waals surface area contributed by atoms with Crippen LogP contribution >= 0.6 is 0 Å². The van der Waals surface area contributed by atoms with E-state index in [-0.39, 0.29) is 0 Å². The Morgan fingerprint density at radius 1 is 1.24 bits per heavy atom. The molecule has 0 radical (unpaired) electrons. The van der Waals surface area contributed by atoms with Gasteiger partial charge < -0.3 is 10.0 Å². The number of aliphatic carboxylic acids is 1. The smallest absolute Gasteiger partial charge is 0.323 e. The minimum Gasteiger partial charge on any atom is -0.480 e. The lowest BCUT2D eigenvalue weighted by atomic mass is 9.77. The van der Waals surface area contributed by atoms with Crippen LogP contribution in [0.1, 0.15) is 64.7 Å².